The van der Waals surface area contributed by atoms with Gasteiger partial charge in [-0.15, -0.1) is 0 Å². The Morgan fingerprint density at radius 2 is 1.56 bits per heavy atom. The first-order valence-corrected chi connectivity index (χ1v) is 11.9. The highest BCUT2D eigenvalue weighted by atomic mass is 16.5. The summed E-state index contributed by atoms with van der Waals surface area (Å²) in [5, 5.41) is 13.3. The van der Waals surface area contributed by atoms with Crippen molar-refractivity contribution >= 4 is 5.97 Å². The van der Waals surface area contributed by atoms with Crippen molar-refractivity contribution in [3.05, 3.63) is 81.7 Å². The van der Waals surface area contributed by atoms with Gasteiger partial charge in [-0.3, -0.25) is 0 Å². The molecule has 2 N–H and O–H groups in total. The Balaban J connectivity index is 1.70. The Morgan fingerprint density at radius 3 is 2.21 bits per heavy atom. The Kier molecular flexibility index (Phi) is 8.77. The number of aromatic carboxylic acids is 1. The van der Waals surface area contributed by atoms with E-state index in [-0.39, 0.29) is 0 Å². The Morgan fingerprint density at radius 1 is 0.912 bits per heavy atom. The third-order valence-electron chi connectivity index (χ3n) is 6.09. The minimum absolute atomic E-state index is 0.400. The van der Waals surface area contributed by atoms with Gasteiger partial charge in [-0.2, -0.15) is 0 Å². The molecule has 0 saturated heterocycles. The van der Waals surface area contributed by atoms with Crippen LogP contribution in [-0.4, -0.2) is 35.4 Å². The molecule has 1 heterocycles. The summed E-state index contributed by atoms with van der Waals surface area (Å²) in [6.45, 7) is 12.9. The molecule has 6 nitrogen and oxygen atoms in total. The fourth-order valence-electron chi connectivity index (χ4n) is 4.26. The maximum absolute atomic E-state index is 12.1. The molecule has 0 radical (unpaired) electrons. The highest BCUT2D eigenvalue weighted by Gasteiger charge is 2.22. The van der Waals surface area contributed by atoms with Gasteiger partial charge in [-0.05, 0) is 70.8 Å². The summed E-state index contributed by atoms with van der Waals surface area (Å²) < 4.78 is 13.5. The minimum Gasteiger partial charge on any atom is -0.490 e. The smallest absolute Gasteiger partial charge is 0.337 e. The number of nitrogens with one attached hydrogen (secondary N) is 1. The molecule has 0 atom stereocenters. The van der Waals surface area contributed by atoms with Gasteiger partial charge in [-0.1, -0.05) is 35.9 Å². The molecule has 0 aliphatic rings. The second-order valence-corrected chi connectivity index (χ2v) is 8.48. The van der Waals surface area contributed by atoms with E-state index in [1.165, 1.54) is 5.56 Å². The molecule has 3 aromatic rings. The number of rotatable bonds is 12. The number of aryl methyl sites for hydroxylation is 1. The van der Waals surface area contributed by atoms with Crippen molar-refractivity contribution in [1.82, 2.24) is 9.88 Å². The normalized spacial score (nSPS) is 11.0. The third kappa shape index (κ3) is 6.00. The van der Waals surface area contributed by atoms with Crippen molar-refractivity contribution in [3.63, 3.8) is 0 Å². The summed E-state index contributed by atoms with van der Waals surface area (Å²) in [4.78, 5) is 12.1. The molecule has 0 aliphatic carbocycles. The van der Waals surface area contributed by atoms with Crippen molar-refractivity contribution in [1.29, 1.82) is 0 Å². The van der Waals surface area contributed by atoms with E-state index < -0.39 is 5.97 Å². The zero-order valence-electron chi connectivity index (χ0n) is 20.9. The lowest BCUT2D eigenvalue weighted by Crippen LogP contribution is -2.19. The molecule has 34 heavy (non-hydrogen) atoms. The lowest BCUT2D eigenvalue weighted by Gasteiger charge is -2.13. The quantitative estimate of drug-likeness (QED) is 0.356. The molecule has 0 amide bonds. The first-order valence-electron chi connectivity index (χ1n) is 11.9. The standard InChI is InChI=1S/C28H36N2O4/c1-6-33-25-13-12-22(16-26(25)34-7-2)14-15-29-17-24-20(4)30(21(5)27(24)28(31)32)18-23-10-8-19(3)9-11-23/h8-13,16,29H,6-7,14-15,17-18H2,1-5H3,(H,31,32). The van der Waals surface area contributed by atoms with Gasteiger partial charge >= 0.3 is 5.97 Å². The summed E-state index contributed by atoms with van der Waals surface area (Å²) in [6, 6.07) is 14.4. The Hall–Kier alpha value is -3.25. The molecule has 182 valence electrons. The first kappa shape index (κ1) is 25.4. The second-order valence-electron chi connectivity index (χ2n) is 8.48. The van der Waals surface area contributed by atoms with Crippen LogP contribution in [-0.2, 0) is 19.5 Å². The number of hydrogen-bond acceptors (Lipinski definition) is 4. The summed E-state index contributed by atoms with van der Waals surface area (Å²) in [5.74, 6) is 0.635. The van der Waals surface area contributed by atoms with Crippen molar-refractivity contribution < 1.29 is 19.4 Å². The van der Waals surface area contributed by atoms with Crippen LogP contribution >= 0.6 is 0 Å². The van der Waals surface area contributed by atoms with E-state index in [0.717, 1.165) is 52.5 Å². The van der Waals surface area contributed by atoms with Gasteiger partial charge in [0.15, 0.2) is 11.5 Å². The molecule has 0 bridgehead atoms. The third-order valence-corrected chi connectivity index (χ3v) is 6.09. The van der Waals surface area contributed by atoms with E-state index in [4.69, 9.17) is 9.47 Å². The average molecular weight is 465 g/mol. The zero-order chi connectivity index (χ0) is 24.7. The van der Waals surface area contributed by atoms with Crippen molar-refractivity contribution in [3.8, 4) is 11.5 Å². The lowest BCUT2D eigenvalue weighted by molar-refractivity contribution is 0.0694. The molecule has 0 spiro atoms. The SMILES string of the molecule is CCOc1ccc(CCNCc2c(C(=O)O)c(C)n(Cc3ccc(C)cc3)c2C)cc1OCC. The van der Waals surface area contributed by atoms with Gasteiger partial charge in [-0.25, -0.2) is 4.79 Å². The number of nitrogens with zero attached hydrogens (tertiary/aromatic N) is 1. The van der Waals surface area contributed by atoms with Crippen molar-refractivity contribution in [2.75, 3.05) is 19.8 Å². The number of carboxylic acid groups (broad SMARTS) is 1. The van der Waals surface area contributed by atoms with E-state index in [1.54, 1.807) is 0 Å². The lowest BCUT2D eigenvalue weighted by atomic mass is 10.1. The summed E-state index contributed by atoms with van der Waals surface area (Å²) in [6.07, 6.45) is 0.803. The van der Waals surface area contributed by atoms with Gasteiger partial charge in [0.2, 0.25) is 0 Å². The van der Waals surface area contributed by atoms with Crippen LogP contribution in [0.5, 0.6) is 11.5 Å². The first-order chi connectivity index (χ1) is 16.3. The molecule has 6 heteroatoms. The Labute approximate surface area is 202 Å². The van der Waals surface area contributed by atoms with E-state index in [2.05, 4.69) is 41.1 Å². The fraction of sp³-hybridized carbons (Fsp3) is 0.393. The molecule has 1 aromatic heterocycles. The average Bonchev–Trinajstić information content (AvgIpc) is 3.04. The van der Waals surface area contributed by atoms with Crippen LogP contribution in [0.3, 0.4) is 0 Å². The highest BCUT2D eigenvalue weighted by Crippen LogP contribution is 2.29. The fourth-order valence-corrected chi connectivity index (χ4v) is 4.26. The van der Waals surface area contributed by atoms with Crippen LogP contribution in [0.15, 0.2) is 42.5 Å². The number of benzene rings is 2. The molecule has 0 unspecified atom stereocenters. The molecule has 0 saturated carbocycles. The second kappa shape index (κ2) is 11.7. The summed E-state index contributed by atoms with van der Waals surface area (Å²) in [7, 11) is 0. The van der Waals surface area contributed by atoms with Crippen molar-refractivity contribution in [2.45, 2.75) is 54.1 Å². The van der Waals surface area contributed by atoms with Crippen LogP contribution in [0.2, 0.25) is 0 Å². The van der Waals surface area contributed by atoms with Gasteiger partial charge in [0.05, 0.1) is 18.8 Å². The molecular weight excluding hydrogens is 428 g/mol. The highest BCUT2D eigenvalue weighted by molar-refractivity contribution is 5.91. The monoisotopic (exact) mass is 464 g/mol. The van der Waals surface area contributed by atoms with E-state index in [1.807, 2.05) is 45.9 Å². The minimum atomic E-state index is -0.882. The topological polar surface area (TPSA) is 72.7 Å². The van der Waals surface area contributed by atoms with E-state index >= 15 is 0 Å². The summed E-state index contributed by atoms with van der Waals surface area (Å²) >= 11 is 0. The Bertz CT molecular complexity index is 1120. The van der Waals surface area contributed by atoms with Gasteiger partial charge in [0.1, 0.15) is 0 Å². The van der Waals surface area contributed by atoms with E-state index in [0.29, 0.717) is 31.9 Å². The van der Waals surface area contributed by atoms with Gasteiger partial charge in [0.25, 0.3) is 0 Å². The largest absolute Gasteiger partial charge is 0.490 e. The maximum atomic E-state index is 12.1. The number of aromatic nitrogens is 1. The maximum Gasteiger partial charge on any atom is 0.337 e. The molecule has 0 aliphatic heterocycles. The predicted octanol–water partition coefficient (Wildman–Crippen LogP) is 5.29. The predicted molar refractivity (Wildman–Crippen MR) is 135 cm³/mol. The summed E-state index contributed by atoms with van der Waals surface area (Å²) in [5.41, 5.74) is 6.53. The van der Waals surface area contributed by atoms with Crippen LogP contribution in [0.4, 0.5) is 0 Å². The number of hydrogen-bond donors (Lipinski definition) is 2. The number of ether oxygens (including phenoxy) is 2. The molecular formula is C28H36N2O4. The van der Waals surface area contributed by atoms with Crippen LogP contribution in [0.1, 0.15) is 57.8 Å². The van der Waals surface area contributed by atoms with Crippen LogP contribution < -0.4 is 14.8 Å². The van der Waals surface area contributed by atoms with Crippen molar-refractivity contribution in [2.24, 2.45) is 0 Å². The van der Waals surface area contributed by atoms with E-state index in [9.17, 15) is 9.90 Å². The van der Waals surface area contributed by atoms with Gasteiger partial charge < -0.3 is 24.5 Å². The molecule has 3 rings (SSSR count). The zero-order valence-corrected chi connectivity index (χ0v) is 20.9. The number of carbonyl (C=O) groups is 1. The van der Waals surface area contributed by atoms with Gasteiger partial charge in [0, 0.05) is 30.0 Å². The van der Waals surface area contributed by atoms with Crippen LogP contribution in [0.25, 0.3) is 0 Å². The molecule has 0 fully saturated rings. The van der Waals surface area contributed by atoms with Crippen LogP contribution in [0, 0.1) is 20.8 Å². The molecule has 2 aromatic carbocycles. The number of carboxylic acids is 1.